The molecule has 0 saturated heterocycles. The summed E-state index contributed by atoms with van der Waals surface area (Å²) >= 11 is 0. The Morgan fingerprint density at radius 2 is 1.92 bits per heavy atom. The number of amides is 1. The third kappa shape index (κ3) is 4.55. The minimum Gasteiger partial charge on any atom is -0.353 e. The van der Waals surface area contributed by atoms with Crippen molar-refractivity contribution in [2.75, 3.05) is 0 Å². The molecule has 2 N–H and O–H groups in total. The summed E-state index contributed by atoms with van der Waals surface area (Å²) in [4.78, 5) is 27.1. The fraction of sp³-hybridized carbons (Fsp3) is 0.667. The molecule has 0 bridgehead atoms. The average molecular weight is 357 g/mol. The molecule has 2 atom stereocenters. The number of aromatic nitrogens is 1. The van der Waals surface area contributed by atoms with Gasteiger partial charge in [-0.3, -0.25) is 9.59 Å². The van der Waals surface area contributed by atoms with E-state index < -0.39 is 0 Å². The first-order valence-electron chi connectivity index (χ1n) is 9.57. The molecule has 2 unspecified atom stereocenters. The summed E-state index contributed by atoms with van der Waals surface area (Å²) in [6.45, 7) is 10.3. The molecule has 1 aromatic rings. The summed E-state index contributed by atoms with van der Waals surface area (Å²) in [5, 5.41) is 12.4. The number of pyridine rings is 1. The molecule has 0 spiro atoms. The van der Waals surface area contributed by atoms with Crippen LogP contribution in [0.3, 0.4) is 0 Å². The zero-order valence-corrected chi connectivity index (χ0v) is 16.7. The quantitative estimate of drug-likeness (QED) is 0.864. The van der Waals surface area contributed by atoms with E-state index in [9.17, 15) is 9.59 Å². The molecular weight excluding hydrogens is 326 g/mol. The molecule has 1 heterocycles. The smallest absolute Gasteiger partial charge is 0.266 e. The highest BCUT2D eigenvalue weighted by Crippen LogP contribution is 2.38. The summed E-state index contributed by atoms with van der Waals surface area (Å²) in [6.07, 6.45) is 5.51. The molecule has 1 fully saturated rings. The van der Waals surface area contributed by atoms with E-state index in [0.29, 0.717) is 24.3 Å². The van der Waals surface area contributed by atoms with Gasteiger partial charge in [0.1, 0.15) is 11.6 Å². The van der Waals surface area contributed by atoms with Gasteiger partial charge in [-0.25, -0.2) is 0 Å². The van der Waals surface area contributed by atoms with Gasteiger partial charge < -0.3 is 10.3 Å². The van der Waals surface area contributed by atoms with E-state index in [1.165, 1.54) is 12.8 Å². The van der Waals surface area contributed by atoms with Gasteiger partial charge in [0.2, 0.25) is 5.91 Å². The van der Waals surface area contributed by atoms with Crippen LogP contribution in [0, 0.1) is 36.5 Å². The molecule has 0 radical (unpaired) electrons. The number of rotatable bonds is 4. The highest BCUT2D eigenvalue weighted by Gasteiger charge is 2.34. The lowest BCUT2D eigenvalue weighted by Gasteiger charge is -2.40. The minimum atomic E-state index is -0.356. The van der Waals surface area contributed by atoms with Crippen molar-refractivity contribution in [2.24, 2.45) is 11.3 Å². The molecule has 5 heteroatoms. The maximum atomic E-state index is 12.6. The van der Waals surface area contributed by atoms with Crippen LogP contribution in [0.2, 0.25) is 0 Å². The molecule has 2 rings (SSSR count). The lowest BCUT2D eigenvalue weighted by atomic mass is 9.69. The van der Waals surface area contributed by atoms with Crippen LogP contribution in [0.25, 0.3) is 0 Å². The van der Waals surface area contributed by atoms with Crippen LogP contribution in [0.15, 0.2) is 4.79 Å². The van der Waals surface area contributed by atoms with Crippen molar-refractivity contribution in [3.05, 3.63) is 32.7 Å². The van der Waals surface area contributed by atoms with Gasteiger partial charge >= 0.3 is 0 Å². The molecule has 1 aliphatic rings. The minimum absolute atomic E-state index is 0.0506. The number of hydrogen-bond acceptors (Lipinski definition) is 3. The summed E-state index contributed by atoms with van der Waals surface area (Å²) in [5.41, 5.74) is 2.30. The van der Waals surface area contributed by atoms with Crippen molar-refractivity contribution in [3.8, 4) is 6.07 Å². The van der Waals surface area contributed by atoms with Gasteiger partial charge in [0.05, 0.1) is 0 Å². The third-order valence-electron chi connectivity index (χ3n) is 5.75. The lowest BCUT2D eigenvalue weighted by Crippen LogP contribution is -2.46. The number of carbonyl (C=O) groups excluding carboxylic acids is 1. The van der Waals surface area contributed by atoms with Crippen LogP contribution in [-0.2, 0) is 11.2 Å². The van der Waals surface area contributed by atoms with E-state index in [1.54, 1.807) is 6.92 Å². The van der Waals surface area contributed by atoms with Crippen molar-refractivity contribution in [2.45, 2.75) is 79.2 Å². The average Bonchev–Trinajstić information content (AvgIpc) is 2.54. The molecule has 26 heavy (non-hydrogen) atoms. The highest BCUT2D eigenvalue weighted by atomic mass is 16.1. The van der Waals surface area contributed by atoms with Gasteiger partial charge in [0, 0.05) is 18.2 Å². The van der Waals surface area contributed by atoms with E-state index in [0.717, 1.165) is 24.1 Å². The number of nitrogens with zero attached hydrogens (tertiary/aromatic N) is 1. The SMILES string of the molecule is Cc1[nH]c(=O)c(C#N)c(C)c1CCC(=O)NC1CCCCC1C(C)(C)C. The van der Waals surface area contributed by atoms with E-state index in [2.05, 4.69) is 31.1 Å². The standard InChI is InChI=1S/C21H31N3O2/c1-13-15(14(2)23-20(26)16(13)12-22)10-11-19(25)24-18-9-7-6-8-17(18)21(3,4)5/h17-18H,6-11H2,1-5H3,(H,23,26)(H,24,25). The number of nitriles is 1. The molecular formula is C21H31N3O2. The van der Waals surface area contributed by atoms with Crippen molar-refractivity contribution < 1.29 is 4.79 Å². The highest BCUT2D eigenvalue weighted by molar-refractivity contribution is 5.76. The monoisotopic (exact) mass is 357 g/mol. The number of aryl methyl sites for hydroxylation is 1. The molecule has 1 aromatic heterocycles. The number of H-pyrrole nitrogens is 1. The van der Waals surface area contributed by atoms with Crippen molar-refractivity contribution >= 4 is 5.91 Å². The van der Waals surface area contributed by atoms with Gasteiger partial charge in [-0.2, -0.15) is 5.26 Å². The second kappa shape index (κ2) is 8.07. The van der Waals surface area contributed by atoms with Crippen LogP contribution in [0.1, 0.15) is 75.3 Å². The molecule has 0 aromatic carbocycles. The Hall–Kier alpha value is -2.09. The van der Waals surface area contributed by atoms with Gasteiger partial charge in [0.25, 0.3) is 5.56 Å². The van der Waals surface area contributed by atoms with Crippen LogP contribution in [-0.4, -0.2) is 16.9 Å². The first-order chi connectivity index (χ1) is 12.1. The molecule has 1 saturated carbocycles. The Bertz CT molecular complexity index is 765. The zero-order valence-electron chi connectivity index (χ0n) is 16.7. The topological polar surface area (TPSA) is 85.8 Å². The lowest BCUT2D eigenvalue weighted by molar-refractivity contribution is -0.122. The number of carbonyl (C=O) groups is 1. The van der Waals surface area contributed by atoms with E-state index in [1.807, 2.05) is 13.0 Å². The van der Waals surface area contributed by atoms with Gasteiger partial charge in [-0.15, -0.1) is 0 Å². The first kappa shape index (κ1) is 20.2. The summed E-state index contributed by atoms with van der Waals surface area (Å²) in [6, 6.07) is 2.20. The molecule has 142 valence electrons. The molecule has 1 amide bonds. The summed E-state index contributed by atoms with van der Waals surface area (Å²) < 4.78 is 0. The first-order valence-corrected chi connectivity index (χ1v) is 9.57. The third-order valence-corrected chi connectivity index (χ3v) is 5.75. The predicted molar refractivity (Wildman–Crippen MR) is 103 cm³/mol. The number of nitrogens with one attached hydrogen (secondary N) is 2. The molecule has 0 aliphatic heterocycles. The maximum Gasteiger partial charge on any atom is 0.266 e. The Balaban J connectivity index is 2.06. The maximum absolute atomic E-state index is 12.6. The van der Waals surface area contributed by atoms with Crippen molar-refractivity contribution in [1.82, 2.24) is 10.3 Å². The Labute approximate surface area is 156 Å². The van der Waals surface area contributed by atoms with E-state index >= 15 is 0 Å². The van der Waals surface area contributed by atoms with Gasteiger partial charge in [0.15, 0.2) is 0 Å². The predicted octanol–water partition coefficient (Wildman–Crippen LogP) is 3.52. The van der Waals surface area contributed by atoms with Crippen LogP contribution < -0.4 is 10.9 Å². The fourth-order valence-corrected chi connectivity index (χ4v) is 4.28. The Kier molecular flexibility index (Phi) is 6.28. The zero-order chi connectivity index (χ0) is 19.5. The Morgan fingerprint density at radius 3 is 2.54 bits per heavy atom. The van der Waals surface area contributed by atoms with Crippen molar-refractivity contribution in [1.29, 1.82) is 5.26 Å². The summed E-state index contributed by atoms with van der Waals surface area (Å²) in [7, 11) is 0. The van der Waals surface area contributed by atoms with Gasteiger partial charge in [-0.05, 0) is 55.6 Å². The fourth-order valence-electron chi connectivity index (χ4n) is 4.28. The van der Waals surface area contributed by atoms with Crippen LogP contribution in [0.5, 0.6) is 0 Å². The second-order valence-corrected chi connectivity index (χ2v) is 8.60. The van der Waals surface area contributed by atoms with Crippen LogP contribution >= 0.6 is 0 Å². The Morgan fingerprint density at radius 1 is 1.27 bits per heavy atom. The largest absolute Gasteiger partial charge is 0.353 e. The van der Waals surface area contributed by atoms with Crippen molar-refractivity contribution in [3.63, 3.8) is 0 Å². The van der Waals surface area contributed by atoms with E-state index in [4.69, 9.17) is 5.26 Å². The van der Waals surface area contributed by atoms with Gasteiger partial charge in [-0.1, -0.05) is 33.6 Å². The second-order valence-electron chi connectivity index (χ2n) is 8.60. The van der Waals surface area contributed by atoms with Crippen LogP contribution in [0.4, 0.5) is 0 Å². The number of hydrogen-bond donors (Lipinski definition) is 2. The van der Waals surface area contributed by atoms with E-state index in [-0.39, 0.29) is 28.5 Å². The normalized spacial score (nSPS) is 20.5. The number of aromatic amines is 1. The molecule has 5 nitrogen and oxygen atoms in total. The summed E-state index contributed by atoms with van der Waals surface area (Å²) in [5.74, 6) is 0.552. The molecule has 1 aliphatic carbocycles.